The van der Waals surface area contributed by atoms with E-state index in [9.17, 15) is 9.90 Å². The second-order valence-electron chi connectivity index (χ2n) is 6.40. The fraction of sp³-hybridized carbons (Fsp3) is 0.444. The Morgan fingerprint density at radius 1 is 1.24 bits per heavy atom. The number of aromatic carboxylic acids is 1. The predicted molar refractivity (Wildman–Crippen MR) is 104 cm³/mol. The number of rotatable bonds is 2. The Bertz CT molecular complexity index is 760. The van der Waals surface area contributed by atoms with Gasteiger partial charge in [-0.05, 0) is 48.9 Å². The van der Waals surface area contributed by atoms with Gasteiger partial charge in [0.25, 0.3) is 0 Å². The number of carbonyl (C=O) groups is 1. The van der Waals surface area contributed by atoms with E-state index in [0.717, 1.165) is 16.5 Å². The zero-order valence-electron chi connectivity index (χ0n) is 14.7. The largest absolute Gasteiger partial charge is 0.477 e. The topological polar surface area (TPSA) is 118 Å². The van der Waals surface area contributed by atoms with E-state index in [0.29, 0.717) is 11.6 Å². The molecule has 1 heterocycles. The molecule has 1 fully saturated rings. The van der Waals surface area contributed by atoms with Crippen LogP contribution in [0.1, 0.15) is 59.6 Å². The average Bonchev–Trinajstić information content (AvgIpc) is 2.78. The summed E-state index contributed by atoms with van der Waals surface area (Å²) in [6, 6.07) is 6.48. The van der Waals surface area contributed by atoms with E-state index in [4.69, 9.17) is 5.41 Å². The molecule has 3 rings (SSSR count). The van der Waals surface area contributed by atoms with Crippen LogP contribution >= 0.6 is 12.4 Å². The third kappa shape index (κ3) is 4.66. The molecular formula is C18H27ClN4O2. The zero-order valence-corrected chi connectivity index (χ0v) is 15.5. The van der Waals surface area contributed by atoms with Crippen LogP contribution in [0.25, 0.3) is 10.9 Å². The first-order valence-corrected chi connectivity index (χ1v) is 8.24. The standard InChI is InChI=1S/C17H21NO2.CH5N3.ClH/c1-11-14-10-13(12-6-4-3-5-7-12)8-9-15(14)18(2)16(11)17(19)20;2-1(3)4;/h8-10,12H,3-7H2,1-2H3,(H,19,20);(H5,2,3,4);1H. The van der Waals surface area contributed by atoms with Gasteiger partial charge in [-0.25, -0.2) is 4.79 Å². The fourth-order valence-corrected chi connectivity index (χ4v) is 3.64. The summed E-state index contributed by atoms with van der Waals surface area (Å²) in [4.78, 5) is 11.4. The van der Waals surface area contributed by atoms with E-state index < -0.39 is 5.97 Å². The number of carboxylic acids is 1. The number of halogens is 1. The molecule has 0 amide bonds. The van der Waals surface area contributed by atoms with Crippen molar-refractivity contribution in [3.8, 4) is 0 Å². The fourth-order valence-electron chi connectivity index (χ4n) is 3.64. The van der Waals surface area contributed by atoms with E-state index in [1.807, 2.05) is 14.0 Å². The Morgan fingerprint density at radius 3 is 2.32 bits per heavy atom. The zero-order chi connectivity index (χ0) is 17.9. The number of nitrogens with zero attached hydrogens (tertiary/aromatic N) is 1. The molecule has 0 saturated heterocycles. The molecule has 2 aromatic rings. The van der Waals surface area contributed by atoms with Crippen molar-refractivity contribution < 1.29 is 9.90 Å². The minimum atomic E-state index is -0.847. The van der Waals surface area contributed by atoms with Gasteiger partial charge in [0.15, 0.2) is 5.96 Å². The van der Waals surface area contributed by atoms with Gasteiger partial charge in [0.05, 0.1) is 0 Å². The van der Waals surface area contributed by atoms with Gasteiger partial charge in [0.1, 0.15) is 5.69 Å². The van der Waals surface area contributed by atoms with Crippen LogP contribution < -0.4 is 11.5 Å². The van der Waals surface area contributed by atoms with E-state index in [2.05, 4.69) is 29.7 Å². The molecule has 1 aliphatic rings. The lowest BCUT2D eigenvalue weighted by atomic mass is 9.83. The lowest BCUT2D eigenvalue weighted by molar-refractivity contribution is 0.0686. The van der Waals surface area contributed by atoms with E-state index >= 15 is 0 Å². The highest BCUT2D eigenvalue weighted by Gasteiger charge is 2.20. The molecule has 0 radical (unpaired) electrons. The maximum absolute atomic E-state index is 11.4. The third-order valence-corrected chi connectivity index (χ3v) is 4.76. The van der Waals surface area contributed by atoms with Gasteiger partial charge >= 0.3 is 5.97 Å². The average molecular weight is 367 g/mol. The summed E-state index contributed by atoms with van der Waals surface area (Å²) in [5, 5.41) is 16.5. The van der Waals surface area contributed by atoms with Crippen molar-refractivity contribution in [1.82, 2.24) is 4.57 Å². The van der Waals surface area contributed by atoms with Crippen molar-refractivity contribution in [3.05, 3.63) is 35.0 Å². The number of hydrogen-bond acceptors (Lipinski definition) is 2. The molecule has 0 unspecified atom stereocenters. The molecular weight excluding hydrogens is 340 g/mol. The summed E-state index contributed by atoms with van der Waals surface area (Å²) in [6.45, 7) is 1.91. The first-order chi connectivity index (χ1) is 11.3. The summed E-state index contributed by atoms with van der Waals surface area (Å²) in [5.41, 5.74) is 12.6. The van der Waals surface area contributed by atoms with Crippen LogP contribution in [-0.4, -0.2) is 21.6 Å². The molecule has 1 saturated carbocycles. The number of fused-ring (bicyclic) bond motifs is 1. The number of carboxylic acid groups (broad SMARTS) is 1. The molecule has 6 N–H and O–H groups in total. The minimum Gasteiger partial charge on any atom is -0.477 e. The molecule has 7 heteroatoms. The number of hydrogen-bond donors (Lipinski definition) is 4. The summed E-state index contributed by atoms with van der Waals surface area (Å²) in [6.07, 6.45) is 6.52. The predicted octanol–water partition coefficient (Wildman–Crippen LogP) is 3.49. The van der Waals surface area contributed by atoms with E-state index in [1.54, 1.807) is 4.57 Å². The van der Waals surface area contributed by atoms with Crippen molar-refractivity contribution in [2.24, 2.45) is 18.5 Å². The van der Waals surface area contributed by atoms with Gasteiger partial charge in [-0.2, -0.15) is 0 Å². The summed E-state index contributed by atoms with van der Waals surface area (Å²) < 4.78 is 1.79. The summed E-state index contributed by atoms with van der Waals surface area (Å²) >= 11 is 0. The SMILES string of the molecule is Cc1c(C(=O)O)n(C)c2ccc(C3CCCCC3)cc12.Cl.N=C(N)N. The summed E-state index contributed by atoms with van der Waals surface area (Å²) in [5.74, 6) is -0.526. The van der Waals surface area contributed by atoms with Gasteiger partial charge in [-0.1, -0.05) is 25.3 Å². The molecule has 0 atom stereocenters. The van der Waals surface area contributed by atoms with Crippen molar-refractivity contribution in [1.29, 1.82) is 5.41 Å². The van der Waals surface area contributed by atoms with Crippen molar-refractivity contribution >= 4 is 35.2 Å². The highest BCUT2D eigenvalue weighted by Crippen LogP contribution is 2.35. The molecule has 0 spiro atoms. The molecule has 0 bridgehead atoms. The smallest absolute Gasteiger partial charge is 0.352 e. The normalized spacial score (nSPS) is 14.3. The van der Waals surface area contributed by atoms with Crippen LogP contribution in [0.2, 0.25) is 0 Å². The second-order valence-corrected chi connectivity index (χ2v) is 6.40. The van der Waals surface area contributed by atoms with E-state index in [-0.39, 0.29) is 18.4 Å². The number of nitrogens with two attached hydrogens (primary N) is 2. The lowest BCUT2D eigenvalue weighted by Crippen LogP contribution is -2.20. The van der Waals surface area contributed by atoms with E-state index in [1.165, 1.54) is 37.7 Å². The van der Waals surface area contributed by atoms with Crippen LogP contribution in [0.4, 0.5) is 0 Å². The molecule has 6 nitrogen and oxygen atoms in total. The van der Waals surface area contributed by atoms with Crippen LogP contribution in [0, 0.1) is 12.3 Å². The van der Waals surface area contributed by atoms with Crippen molar-refractivity contribution in [3.63, 3.8) is 0 Å². The Balaban J connectivity index is 0.000000568. The van der Waals surface area contributed by atoms with Crippen LogP contribution in [0.3, 0.4) is 0 Å². The Labute approximate surface area is 154 Å². The second kappa shape index (κ2) is 8.76. The number of nitrogens with one attached hydrogen (secondary N) is 1. The van der Waals surface area contributed by atoms with Gasteiger partial charge in [0.2, 0.25) is 0 Å². The molecule has 1 aromatic carbocycles. The van der Waals surface area contributed by atoms with Gasteiger partial charge < -0.3 is 21.1 Å². The molecule has 1 aromatic heterocycles. The minimum absolute atomic E-state index is 0. The maximum Gasteiger partial charge on any atom is 0.352 e. The first-order valence-electron chi connectivity index (χ1n) is 8.24. The van der Waals surface area contributed by atoms with Gasteiger partial charge in [0, 0.05) is 18.0 Å². The monoisotopic (exact) mass is 366 g/mol. The third-order valence-electron chi connectivity index (χ3n) is 4.76. The molecule has 0 aliphatic heterocycles. The van der Waals surface area contributed by atoms with Crippen molar-refractivity contribution in [2.45, 2.75) is 44.9 Å². The van der Waals surface area contributed by atoms with Gasteiger partial charge in [-0.15, -0.1) is 12.4 Å². The maximum atomic E-state index is 11.4. The number of aryl methyl sites for hydroxylation is 2. The number of aromatic nitrogens is 1. The Hall–Kier alpha value is -2.21. The number of benzene rings is 1. The van der Waals surface area contributed by atoms with Gasteiger partial charge in [-0.3, -0.25) is 5.41 Å². The quantitative estimate of drug-likeness (QED) is 0.480. The highest BCUT2D eigenvalue weighted by molar-refractivity contribution is 5.98. The lowest BCUT2D eigenvalue weighted by Gasteiger charge is -2.22. The Kier molecular flexibility index (Phi) is 7.30. The molecule has 25 heavy (non-hydrogen) atoms. The van der Waals surface area contributed by atoms with Crippen LogP contribution in [0.5, 0.6) is 0 Å². The van der Waals surface area contributed by atoms with Crippen molar-refractivity contribution in [2.75, 3.05) is 0 Å². The number of guanidine groups is 1. The highest BCUT2D eigenvalue weighted by atomic mass is 35.5. The van der Waals surface area contributed by atoms with Crippen LogP contribution in [0.15, 0.2) is 18.2 Å². The molecule has 138 valence electrons. The molecule has 1 aliphatic carbocycles. The van der Waals surface area contributed by atoms with Crippen LogP contribution in [-0.2, 0) is 7.05 Å². The Morgan fingerprint density at radius 2 is 1.80 bits per heavy atom. The summed E-state index contributed by atoms with van der Waals surface area (Å²) in [7, 11) is 1.83. The first kappa shape index (κ1) is 20.8.